The molecule has 0 saturated heterocycles. The third-order valence-corrected chi connectivity index (χ3v) is 3.07. The topological polar surface area (TPSA) is 44.5 Å². The second-order valence-electron chi connectivity index (χ2n) is 3.48. The van der Waals surface area contributed by atoms with E-state index >= 15 is 0 Å². The molecule has 0 fully saturated rings. The summed E-state index contributed by atoms with van der Waals surface area (Å²) >= 11 is 3.51. The van der Waals surface area contributed by atoms with Crippen molar-refractivity contribution in [2.45, 2.75) is 12.8 Å². The number of fused-ring (bicyclic) bond motifs is 1. The van der Waals surface area contributed by atoms with Gasteiger partial charge in [0, 0.05) is 10.9 Å². The van der Waals surface area contributed by atoms with Gasteiger partial charge in [0.05, 0.1) is 13.2 Å². The van der Waals surface area contributed by atoms with Crippen LogP contribution in [0.4, 0.5) is 0 Å². The molecule has 0 saturated carbocycles. The first-order valence-corrected chi connectivity index (χ1v) is 5.88. The molecule has 3 nitrogen and oxygen atoms in total. The van der Waals surface area contributed by atoms with Crippen LogP contribution < -0.4 is 15.2 Å². The molecule has 0 unspecified atom stereocenters. The van der Waals surface area contributed by atoms with Crippen LogP contribution in [0.5, 0.6) is 11.5 Å². The zero-order valence-corrected chi connectivity index (χ0v) is 10.0. The van der Waals surface area contributed by atoms with Crippen LogP contribution in [0.25, 0.3) is 0 Å². The molecule has 82 valence electrons. The van der Waals surface area contributed by atoms with Gasteiger partial charge in [0.1, 0.15) is 0 Å². The second kappa shape index (κ2) is 4.86. The van der Waals surface area contributed by atoms with Crippen LogP contribution >= 0.6 is 15.9 Å². The van der Waals surface area contributed by atoms with E-state index in [4.69, 9.17) is 15.2 Å². The van der Waals surface area contributed by atoms with E-state index in [1.54, 1.807) is 0 Å². The number of benzene rings is 1. The molecule has 1 aliphatic heterocycles. The Morgan fingerprint density at radius 2 is 1.87 bits per heavy atom. The van der Waals surface area contributed by atoms with Crippen molar-refractivity contribution in [2.75, 3.05) is 19.8 Å². The van der Waals surface area contributed by atoms with Gasteiger partial charge in [0.2, 0.25) is 0 Å². The fourth-order valence-electron chi connectivity index (χ4n) is 1.57. The molecule has 4 heteroatoms. The number of halogens is 1. The van der Waals surface area contributed by atoms with Crippen molar-refractivity contribution in [2.24, 2.45) is 5.73 Å². The summed E-state index contributed by atoms with van der Waals surface area (Å²) in [4.78, 5) is 0. The first kappa shape index (κ1) is 10.8. The summed E-state index contributed by atoms with van der Waals surface area (Å²) in [7, 11) is 0. The van der Waals surface area contributed by atoms with Gasteiger partial charge < -0.3 is 15.2 Å². The monoisotopic (exact) mass is 271 g/mol. The zero-order chi connectivity index (χ0) is 10.7. The highest BCUT2D eigenvalue weighted by molar-refractivity contribution is 9.10. The molecule has 1 aromatic rings. The maximum atomic E-state index is 5.60. The van der Waals surface area contributed by atoms with Gasteiger partial charge in [-0.15, -0.1) is 0 Å². The molecule has 0 aliphatic carbocycles. The van der Waals surface area contributed by atoms with Crippen LogP contribution in [0.3, 0.4) is 0 Å². The van der Waals surface area contributed by atoms with E-state index in [9.17, 15) is 0 Å². The predicted molar refractivity (Wildman–Crippen MR) is 62.5 cm³/mol. The number of rotatable bonds is 2. The van der Waals surface area contributed by atoms with Crippen LogP contribution in [0.1, 0.15) is 12.0 Å². The molecule has 0 spiro atoms. The first-order valence-electron chi connectivity index (χ1n) is 5.09. The van der Waals surface area contributed by atoms with Gasteiger partial charge >= 0.3 is 0 Å². The van der Waals surface area contributed by atoms with Crippen molar-refractivity contribution in [1.29, 1.82) is 0 Å². The molecule has 2 N–H and O–H groups in total. The molecule has 2 rings (SSSR count). The summed E-state index contributed by atoms with van der Waals surface area (Å²) in [6, 6.07) is 3.98. The van der Waals surface area contributed by atoms with Crippen molar-refractivity contribution in [3.63, 3.8) is 0 Å². The van der Waals surface area contributed by atoms with Gasteiger partial charge in [-0.2, -0.15) is 0 Å². The summed E-state index contributed by atoms with van der Waals surface area (Å²) in [5, 5.41) is 0. The smallest absolute Gasteiger partial charge is 0.162 e. The lowest BCUT2D eigenvalue weighted by atomic mass is 10.1. The van der Waals surface area contributed by atoms with Crippen molar-refractivity contribution in [3.05, 3.63) is 22.2 Å². The van der Waals surface area contributed by atoms with Crippen LogP contribution in [-0.2, 0) is 6.42 Å². The largest absolute Gasteiger partial charge is 0.490 e. The lowest BCUT2D eigenvalue weighted by molar-refractivity contribution is 0.297. The summed E-state index contributed by atoms with van der Waals surface area (Å²) in [6.07, 6.45) is 1.77. The maximum absolute atomic E-state index is 5.60. The highest BCUT2D eigenvalue weighted by Gasteiger charge is 2.13. The van der Waals surface area contributed by atoms with E-state index in [0.29, 0.717) is 6.54 Å². The quantitative estimate of drug-likeness (QED) is 0.896. The third-order valence-electron chi connectivity index (χ3n) is 2.33. The van der Waals surface area contributed by atoms with Crippen LogP contribution in [0, 0.1) is 0 Å². The lowest BCUT2D eigenvalue weighted by Gasteiger charge is -2.10. The van der Waals surface area contributed by atoms with E-state index in [0.717, 1.165) is 42.0 Å². The molecule has 1 aliphatic rings. The van der Waals surface area contributed by atoms with Crippen molar-refractivity contribution < 1.29 is 9.47 Å². The summed E-state index contributed by atoms with van der Waals surface area (Å²) in [5.74, 6) is 1.65. The zero-order valence-electron chi connectivity index (χ0n) is 8.46. The number of hydrogen-bond donors (Lipinski definition) is 1. The molecule has 1 aromatic carbocycles. The average molecular weight is 272 g/mol. The first-order chi connectivity index (χ1) is 7.31. The summed E-state index contributed by atoms with van der Waals surface area (Å²) in [6.45, 7) is 2.07. The Labute approximate surface area is 97.7 Å². The molecular formula is C11H14BrNO2. The van der Waals surface area contributed by atoms with Crippen molar-refractivity contribution in [1.82, 2.24) is 0 Å². The van der Waals surface area contributed by atoms with Gasteiger partial charge in [-0.05, 0) is 30.7 Å². The lowest BCUT2D eigenvalue weighted by Crippen LogP contribution is -2.04. The Bertz CT molecular complexity index is 355. The van der Waals surface area contributed by atoms with Crippen LogP contribution in [-0.4, -0.2) is 19.8 Å². The molecule has 15 heavy (non-hydrogen) atoms. The molecule has 0 aromatic heterocycles. The van der Waals surface area contributed by atoms with Crippen molar-refractivity contribution >= 4 is 15.9 Å². The SMILES string of the molecule is NCCc1cc2c(cc1Br)OCCCO2. The van der Waals surface area contributed by atoms with Crippen LogP contribution in [0.2, 0.25) is 0 Å². The summed E-state index contributed by atoms with van der Waals surface area (Å²) in [5.41, 5.74) is 6.71. The molecular weight excluding hydrogens is 258 g/mol. The average Bonchev–Trinajstić information content (AvgIpc) is 2.44. The van der Waals surface area contributed by atoms with Gasteiger partial charge in [-0.1, -0.05) is 15.9 Å². The number of hydrogen-bond acceptors (Lipinski definition) is 3. The van der Waals surface area contributed by atoms with Gasteiger partial charge in [0.25, 0.3) is 0 Å². The van der Waals surface area contributed by atoms with E-state index in [1.807, 2.05) is 12.1 Å². The van der Waals surface area contributed by atoms with Gasteiger partial charge in [-0.25, -0.2) is 0 Å². The van der Waals surface area contributed by atoms with E-state index in [-0.39, 0.29) is 0 Å². The highest BCUT2D eigenvalue weighted by atomic mass is 79.9. The molecule has 0 amide bonds. The minimum Gasteiger partial charge on any atom is -0.490 e. The minimum absolute atomic E-state index is 0.637. The van der Waals surface area contributed by atoms with Gasteiger partial charge in [0.15, 0.2) is 11.5 Å². The Morgan fingerprint density at radius 3 is 2.53 bits per heavy atom. The van der Waals surface area contributed by atoms with Crippen molar-refractivity contribution in [3.8, 4) is 11.5 Å². The normalized spacial score (nSPS) is 14.8. The Kier molecular flexibility index (Phi) is 3.49. The second-order valence-corrected chi connectivity index (χ2v) is 4.33. The minimum atomic E-state index is 0.637. The summed E-state index contributed by atoms with van der Waals surface area (Å²) < 4.78 is 12.2. The van der Waals surface area contributed by atoms with Crippen LogP contribution in [0.15, 0.2) is 16.6 Å². The maximum Gasteiger partial charge on any atom is 0.162 e. The predicted octanol–water partition coefficient (Wildman–Crippen LogP) is 2.11. The number of ether oxygens (including phenoxy) is 2. The fraction of sp³-hybridized carbons (Fsp3) is 0.455. The Morgan fingerprint density at radius 1 is 1.20 bits per heavy atom. The molecule has 0 atom stereocenters. The molecule has 1 heterocycles. The fourth-order valence-corrected chi connectivity index (χ4v) is 2.09. The van der Waals surface area contributed by atoms with Gasteiger partial charge in [-0.3, -0.25) is 0 Å². The van der Waals surface area contributed by atoms with E-state index in [1.165, 1.54) is 5.56 Å². The standard InChI is InChI=1S/C11H14BrNO2/c12-9-7-11-10(6-8(9)2-3-13)14-4-1-5-15-11/h6-7H,1-5,13H2. The number of nitrogens with two attached hydrogens (primary N) is 1. The van der Waals surface area contributed by atoms with E-state index in [2.05, 4.69) is 15.9 Å². The third kappa shape index (κ3) is 2.44. The molecule has 0 radical (unpaired) electrons. The molecule has 0 bridgehead atoms. The Balaban J connectivity index is 2.33. The van der Waals surface area contributed by atoms with E-state index < -0.39 is 0 Å². The Hall–Kier alpha value is -0.740. The highest BCUT2D eigenvalue weighted by Crippen LogP contribution is 2.35.